The van der Waals surface area contributed by atoms with Crippen molar-refractivity contribution in [1.29, 1.82) is 0 Å². The lowest BCUT2D eigenvalue weighted by atomic mass is 10.0. The Bertz CT molecular complexity index is 116. The van der Waals surface area contributed by atoms with Gasteiger partial charge in [0.1, 0.15) is 0 Å². The summed E-state index contributed by atoms with van der Waals surface area (Å²) in [6.07, 6.45) is 5.64. The monoisotopic (exact) mass is 125 g/mol. The Balaban J connectivity index is 2.45. The molecule has 1 nitrogen and oxygen atoms in total. The van der Waals surface area contributed by atoms with E-state index in [1.807, 2.05) is 0 Å². The first-order valence-corrected chi connectivity index (χ1v) is 3.60. The summed E-state index contributed by atoms with van der Waals surface area (Å²) in [6.45, 7) is 4.54. The van der Waals surface area contributed by atoms with Crippen molar-refractivity contribution in [2.45, 2.75) is 26.3 Å². The third-order valence-electron chi connectivity index (χ3n) is 2.01. The minimum Gasteiger partial charge on any atom is -0.377 e. The van der Waals surface area contributed by atoms with Crippen molar-refractivity contribution in [3.8, 4) is 0 Å². The van der Waals surface area contributed by atoms with E-state index in [9.17, 15) is 0 Å². The Kier molecular flexibility index (Phi) is 1.79. The molecule has 1 heteroatoms. The van der Waals surface area contributed by atoms with Crippen molar-refractivity contribution in [1.82, 2.24) is 4.90 Å². The smallest absolute Gasteiger partial charge is 0.0339 e. The molecular weight excluding hydrogens is 110 g/mol. The number of rotatable bonds is 1. The Labute approximate surface area is 57.4 Å². The highest BCUT2D eigenvalue weighted by Crippen LogP contribution is 2.18. The van der Waals surface area contributed by atoms with Gasteiger partial charge in [0.15, 0.2) is 0 Å². The lowest BCUT2D eigenvalue weighted by Crippen LogP contribution is -2.27. The fourth-order valence-corrected chi connectivity index (χ4v) is 1.39. The van der Waals surface area contributed by atoms with Gasteiger partial charge >= 0.3 is 0 Å². The van der Waals surface area contributed by atoms with Crippen molar-refractivity contribution >= 4 is 0 Å². The molecule has 0 amide bonds. The Morgan fingerprint density at radius 2 is 2.22 bits per heavy atom. The summed E-state index contributed by atoms with van der Waals surface area (Å²) in [5.74, 6) is 0.782. The molecule has 52 valence electrons. The minimum absolute atomic E-state index is 0.755. The number of hydrogen-bond donors (Lipinski definition) is 0. The minimum atomic E-state index is 0.755. The normalized spacial score (nSPS) is 26.2. The standard InChI is InChI=1S/C8H15N/c1-7(2)8-5-4-6-9(8)3/h4,6-8H,5H2,1-3H3/t8-/m0/s1. The maximum absolute atomic E-state index is 2.30. The first-order chi connectivity index (χ1) is 4.22. The van der Waals surface area contributed by atoms with Crippen LogP contribution in [0.1, 0.15) is 20.3 Å². The zero-order valence-electron chi connectivity index (χ0n) is 6.46. The van der Waals surface area contributed by atoms with Gasteiger partial charge in [0.25, 0.3) is 0 Å². The molecule has 1 aliphatic rings. The van der Waals surface area contributed by atoms with Crippen molar-refractivity contribution in [3.63, 3.8) is 0 Å². The van der Waals surface area contributed by atoms with Gasteiger partial charge in [-0.25, -0.2) is 0 Å². The van der Waals surface area contributed by atoms with E-state index in [4.69, 9.17) is 0 Å². The number of nitrogens with zero attached hydrogens (tertiary/aromatic N) is 1. The molecule has 1 heterocycles. The second kappa shape index (κ2) is 2.42. The topological polar surface area (TPSA) is 3.24 Å². The van der Waals surface area contributed by atoms with Crippen LogP contribution in [0.4, 0.5) is 0 Å². The fourth-order valence-electron chi connectivity index (χ4n) is 1.39. The van der Waals surface area contributed by atoms with Crippen LogP contribution in [0, 0.1) is 5.92 Å². The maximum atomic E-state index is 2.30. The van der Waals surface area contributed by atoms with E-state index < -0.39 is 0 Å². The highest BCUT2D eigenvalue weighted by atomic mass is 15.1. The second-order valence-corrected chi connectivity index (χ2v) is 3.10. The predicted molar refractivity (Wildman–Crippen MR) is 40.1 cm³/mol. The van der Waals surface area contributed by atoms with Gasteiger partial charge in [0.05, 0.1) is 0 Å². The molecule has 0 aromatic carbocycles. The van der Waals surface area contributed by atoms with Crippen LogP contribution in [-0.2, 0) is 0 Å². The molecule has 1 rings (SSSR count). The molecule has 0 spiro atoms. The van der Waals surface area contributed by atoms with E-state index >= 15 is 0 Å². The van der Waals surface area contributed by atoms with Crippen molar-refractivity contribution in [3.05, 3.63) is 12.3 Å². The quantitative estimate of drug-likeness (QED) is 0.517. The lowest BCUT2D eigenvalue weighted by molar-refractivity contribution is 0.283. The van der Waals surface area contributed by atoms with Crippen LogP contribution < -0.4 is 0 Å². The molecule has 0 N–H and O–H groups in total. The molecule has 0 saturated heterocycles. The van der Waals surface area contributed by atoms with E-state index in [2.05, 4.69) is 38.1 Å². The average Bonchev–Trinajstić information content (AvgIpc) is 2.13. The second-order valence-electron chi connectivity index (χ2n) is 3.10. The summed E-state index contributed by atoms with van der Waals surface area (Å²) >= 11 is 0. The first kappa shape index (κ1) is 6.66. The van der Waals surface area contributed by atoms with Crippen LogP contribution in [0.5, 0.6) is 0 Å². The van der Waals surface area contributed by atoms with E-state index in [0.29, 0.717) is 0 Å². The van der Waals surface area contributed by atoms with E-state index in [-0.39, 0.29) is 0 Å². The molecule has 0 aromatic heterocycles. The van der Waals surface area contributed by atoms with E-state index in [0.717, 1.165) is 12.0 Å². The van der Waals surface area contributed by atoms with Crippen LogP contribution in [0.15, 0.2) is 12.3 Å². The number of hydrogen-bond acceptors (Lipinski definition) is 1. The Morgan fingerprint density at radius 3 is 2.44 bits per heavy atom. The van der Waals surface area contributed by atoms with Gasteiger partial charge in [-0.3, -0.25) is 0 Å². The van der Waals surface area contributed by atoms with Gasteiger partial charge in [-0.2, -0.15) is 0 Å². The molecule has 0 bridgehead atoms. The summed E-state index contributed by atoms with van der Waals surface area (Å²) in [5, 5.41) is 0. The summed E-state index contributed by atoms with van der Waals surface area (Å²) in [4.78, 5) is 2.30. The van der Waals surface area contributed by atoms with Crippen LogP contribution >= 0.6 is 0 Å². The van der Waals surface area contributed by atoms with Gasteiger partial charge in [-0.05, 0) is 18.5 Å². The molecule has 9 heavy (non-hydrogen) atoms. The Hall–Kier alpha value is -0.460. The Morgan fingerprint density at radius 1 is 1.56 bits per heavy atom. The van der Waals surface area contributed by atoms with Crippen LogP contribution in [0.2, 0.25) is 0 Å². The summed E-state index contributed by atoms with van der Waals surface area (Å²) < 4.78 is 0. The third-order valence-corrected chi connectivity index (χ3v) is 2.01. The SMILES string of the molecule is CC(C)[C@@H]1CC=CN1C. The lowest BCUT2D eigenvalue weighted by Gasteiger charge is -2.24. The summed E-state index contributed by atoms with van der Waals surface area (Å²) in [6, 6.07) is 0.755. The van der Waals surface area contributed by atoms with Gasteiger partial charge in [0.2, 0.25) is 0 Å². The van der Waals surface area contributed by atoms with Gasteiger partial charge in [0, 0.05) is 13.1 Å². The molecule has 0 radical (unpaired) electrons. The molecule has 1 aliphatic heterocycles. The predicted octanol–water partition coefficient (Wildman–Crippen LogP) is 1.86. The van der Waals surface area contributed by atoms with E-state index in [1.165, 1.54) is 6.42 Å². The molecule has 0 unspecified atom stereocenters. The zero-order valence-corrected chi connectivity index (χ0v) is 6.46. The van der Waals surface area contributed by atoms with Crippen molar-refractivity contribution in [2.75, 3.05) is 7.05 Å². The van der Waals surface area contributed by atoms with Crippen LogP contribution in [0.25, 0.3) is 0 Å². The molecule has 0 fully saturated rings. The zero-order chi connectivity index (χ0) is 6.85. The largest absolute Gasteiger partial charge is 0.377 e. The van der Waals surface area contributed by atoms with Crippen LogP contribution in [0.3, 0.4) is 0 Å². The first-order valence-electron chi connectivity index (χ1n) is 3.60. The molecule has 0 aromatic rings. The molecule has 1 atom stereocenters. The fraction of sp³-hybridized carbons (Fsp3) is 0.750. The molecule has 0 aliphatic carbocycles. The van der Waals surface area contributed by atoms with Crippen LogP contribution in [-0.4, -0.2) is 18.0 Å². The molecular formula is C8H15N. The highest BCUT2D eigenvalue weighted by Gasteiger charge is 2.17. The summed E-state index contributed by atoms with van der Waals surface area (Å²) in [5.41, 5.74) is 0. The molecule has 0 saturated carbocycles. The summed E-state index contributed by atoms with van der Waals surface area (Å²) in [7, 11) is 2.15. The highest BCUT2D eigenvalue weighted by molar-refractivity contribution is 4.97. The van der Waals surface area contributed by atoms with Gasteiger partial charge in [-0.15, -0.1) is 0 Å². The van der Waals surface area contributed by atoms with Gasteiger partial charge < -0.3 is 4.90 Å². The van der Waals surface area contributed by atoms with E-state index in [1.54, 1.807) is 0 Å². The maximum Gasteiger partial charge on any atom is 0.0339 e. The van der Waals surface area contributed by atoms with Crippen molar-refractivity contribution in [2.24, 2.45) is 5.92 Å². The van der Waals surface area contributed by atoms with Crippen molar-refractivity contribution < 1.29 is 0 Å². The average molecular weight is 125 g/mol. The van der Waals surface area contributed by atoms with Gasteiger partial charge in [-0.1, -0.05) is 19.9 Å². The third kappa shape index (κ3) is 1.26.